The van der Waals surface area contributed by atoms with Crippen LogP contribution < -0.4 is 14.5 Å². The van der Waals surface area contributed by atoms with Crippen molar-refractivity contribution >= 4 is 38.9 Å². The van der Waals surface area contributed by atoms with Crippen LogP contribution >= 0.6 is 0 Å². The van der Waals surface area contributed by atoms with E-state index in [0.29, 0.717) is 18.5 Å². The van der Waals surface area contributed by atoms with E-state index in [1.54, 1.807) is 0 Å². The summed E-state index contributed by atoms with van der Waals surface area (Å²) in [6.07, 6.45) is 4.31. The van der Waals surface area contributed by atoms with Crippen LogP contribution in [0.25, 0.3) is 44.4 Å². The number of nitrogens with zero attached hydrogens (tertiary/aromatic N) is 4. The minimum absolute atomic E-state index is 0.0274. The van der Waals surface area contributed by atoms with Crippen LogP contribution in [-0.4, -0.2) is 16.2 Å². The number of fused-ring (bicyclic) bond motifs is 3. The Morgan fingerprint density at radius 3 is 1.70 bits per heavy atom. The molecule has 0 N–H and O–H groups in total. The molecule has 0 atom stereocenters. The van der Waals surface area contributed by atoms with Gasteiger partial charge in [0.15, 0.2) is 0 Å². The Morgan fingerprint density at radius 2 is 1.08 bits per heavy atom. The number of hydrogen-bond acceptors (Lipinski definition) is 4. The molecule has 5 heteroatoms. The fourth-order valence-corrected chi connectivity index (χ4v) is 11.2. The molecule has 0 amide bonds. The number of ether oxygens (including phenoxy) is 1. The van der Waals surface area contributed by atoms with Crippen molar-refractivity contribution in [3.8, 4) is 28.4 Å². The summed E-state index contributed by atoms with van der Waals surface area (Å²) >= 11 is 0. The van der Waals surface area contributed by atoms with Crippen molar-refractivity contribution in [2.24, 2.45) is 0 Å². The number of para-hydroxylation sites is 1. The molecule has 7 aromatic carbocycles. The third-order valence-electron chi connectivity index (χ3n) is 15.8. The van der Waals surface area contributed by atoms with Crippen molar-refractivity contribution in [1.82, 2.24) is 9.55 Å². The van der Waals surface area contributed by atoms with Gasteiger partial charge in [-0.05, 0) is 132 Å². The second-order valence-corrected chi connectivity index (χ2v) is 25.5. The molecule has 1 aliphatic rings. The van der Waals surface area contributed by atoms with Gasteiger partial charge in [0.1, 0.15) is 17.3 Å². The highest BCUT2D eigenvalue weighted by Crippen LogP contribution is 2.48. The van der Waals surface area contributed by atoms with Crippen molar-refractivity contribution in [2.75, 3.05) is 16.5 Å². The minimum Gasteiger partial charge on any atom is -0.457 e. The monoisotopic (exact) mass is 1000 g/mol. The maximum Gasteiger partial charge on any atom is 0.137 e. The third-order valence-corrected chi connectivity index (χ3v) is 15.8. The Balaban J connectivity index is 1.22. The number of benzene rings is 7. The first-order valence-corrected chi connectivity index (χ1v) is 27.5. The SMILES string of the molecule is CC(C)c1cccc(C(C)C)c1-c1cc(Oc2cc(C(C)(C)c3ccccc3)c3c4ccccc4n(-c4cc(C(C)(C)C)ccn4)c3c2)cc(N2CN(c3cc(C(C)(C)C)cc(C(C)(C)C)c3)C=C2c2ccccc2)c1. The quantitative estimate of drug-likeness (QED) is 0.129. The Morgan fingerprint density at radius 1 is 0.487 bits per heavy atom. The fourth-order valence-electron chi connectivity index (χ4n) is 11.2. The highest BCUT2D eigenvalue weighted by Gasteiger charge is 2.32. The molecule has 9 aromatic rings. The van der Waals surface area contributed by atoms with Crippen LogP contribution in [0.3, 0.4) is 0 Å². The molecule has 0 aliphatic carbocycles. The molecule has 0 spiro atoms. The van der Waals surface area contributed by atoms with Crippen LogP contribution in [0.5, 0.6) is 11.5 Å². The summed E-state index contributed by atoms with van der Waals surface area (Å²) in [7, 11) is 0. The zero-order valence-corrected chi connectivity index (χ0v) is 47.8. The largest absolute Gasteiger partial charge is 0.457 e. The topological polar surface area (TPSA) is 33.5 Å². The zero-order valence-electron chi connectivity index (χ0n) is 47.8. The maximum atomic E-state index is 7.55. The first-order valence-electron chi connectivity index (χ1n) is 27.5. The van der Waals surface area contributed by atoms with Crippen molar-refractivity contribution in [3.63, 3.8) is 0 Å². The molecule has 0 saturated heterocycles. The molecule has 2 aromatic heterocycles. The van der Waals surface area contributed by atoms with Crippen LogP contribution in [0.2, 0.25) is 0 Å². The second-order valence-electron chi connectivity index (χ2n) is 25.5. The van der Waals surface area contributed by atoms with Gasteiger partial charge < -0.3 is 14.5 Å². The number of pyridine rings is 1. The summed E-state index contributed by atoms with van der Waals surface area (Å²) in [4.78, 5) is 10.0. The highest BCUT2D eigenvalue weighted by molar-refractivity contribution is 6.12. The molecule has 5 nitrogen and oxygen atoms in total. The number of anilines is 2. The molecule has 388 valence electrons. The Labute approximate surface area is 453 Å². The smallest absolute Gasteiger partial charge is 0.137 e. The highest BCUT2D eigenvalue weighted by atomic mass is 16.5. The predicted octanol–water partition coefficient (Wildman–Crippen LogP) is 19.4. The van der Waals surface area contributed by atoms with E-state index in [9.17, 15) is 0 Å². The van der Waals surface area contributed by atoms with Gasteiger partial charge in [-0.2, -0.15) is 0 Å². The van der Waals surface area contributed by atoms with E-state index >= 15 is 0 Å². The molecule has 0 radical (unpaired) electrons. The lowest BCUT2D eigenvalue weighted by Crippen LogP contribution is -2.27. The van der Waals surface area contributed by atoms with Gasteiger partial charge in [0, 0.05) is 52.1 Å². The van der Waals surface area contributed by atoms with Gasteiger partial charge in [-0.1, -0.05) is 207 Å². The van der Waals surface area contributed by atoms with Gasteiger partial charge in [-0.3, -0.25) is 4.57 Å². The molecule has 10 rings (SSSR count). The average Bonchev–Trinajstić information content (AvgIpc) is 3.99. The lowest BCUT2D eigenvalue weighted by Gasteiger charge is -2.30. The van der Waals surface area contributed by atoms with E-state index in [-0.39, 0.29) is 16.2 Å². The third kappa shape index (κ3) is 9.97. The van der Waals surface area contributed by atoms with E-state index in [4.69, 9.17) is 9.72 Å². The van der Waals surface area contributed by atoms with Crippen molar-refractivity contribution < 1.29 is 4.74 Å². The maximum absolute atomic E-state index is 7.55. The Hall–Kier alpha value is -7.37. The standard InChI is InChI=1S/C71H78N4O/c1-46(2)58-30-24-31-59(47(3)4)66(58)49-35-55(74-45-73(44-64(74)48-25-18-16-19-26-48)54-38-52(69(8,9)10)37-53(39-54)70(11,12)13)41-56(36-49)76-57-42-61(71(14,15)50-27-20-17-21-28-50)67-60-29-22-23-32-62(60)75(63(67)43-57)65-40-51(33-34-72-65)68(5,6)7/h16-44,46-47H,45H2,1-15H3. The molecule has 76 heavy (non-hydrogen) atoms. The van der Waals surface area contributed by atoms with Crippen LogP contribution in [0.4, 0.5) is 11.4 Å². The second kappa shape index (κ2) is 19.6. The number of hydrogen-bond donors (Lipinski definition) is 0. The normalized spacial score (nSPS) is 13.7. The molecule has 0 saturated carbocycles. The Kier molecular flexibility index (Phi) is 13.5. The molecular weight excluding hydrogens is 925 g/mol. The van der Waals surface area contributed by atoms with E-state index < -0.39 is 5.41 Å². The van der Waals surface area contributed by atoms with E-state index in [1.807, 2.05) is 6.20 Å². The van der Waals surface area contributed by atoms with Crippen molar-refractivity contribution in [3.05, 3.63) is 221 Å². The van der Waals surface area contributed by atoms with Gasteiger partial charge in [0.05, 0.1) is 23.4 Å². The van der Waals surface area contributed by atoms with Gasteiger partial charge in [0.25, 0.3) is 0 Å². The van der Waals surface area contributed by atoms with E-state index in [1.165, 1.54) is 61.0 Å². The summed E-state index contributed by atoms with van der Waals surface area (Å²) in [6.45, 7) is 35.3. The minimum atomic E-state index is -0.407. The average molecular weight is 1000 g/mol. The summed E-state index contributed by atoms with van der Waals surface area (Å²) in [5.41, 5.74) is 17.5. The Bertz CT molecular complexity index is 3570. The van der Waals surface area contributed by atoms with Gasteiger partial charge >= 0.3 is 0 Å². The number of rotatable bonds is 11. The van der Waals surface area contributed by atoms with E-state index in [2.05, 4.69) is 288 Å². The summed E-state index contributed by atoms with van der Waals surface area (Å²) in [6, 6.07) is 60.5. The summed E-state index contributed by atoms with van der Waals surface area (Å²) in [5, 5.41) is 2.38. The summed E-state index contributed by atoms with van der Waals surface area (Å²) < 4.78 is 9.90. The van der Waals surface area contributed by atoms with Gasteiger partial charge in [-0.15, -0.1) is 0 Å². The molecule has 0 bridgehead atoms. The van der Waals surface area contributed by atoms with Crippen molar-refractivity contribution in [1.29, 1.82) is 0 Å². The van der Waals surface area contributed by atoms with Crippen LogP contribution in [-0.2, 0) is 21.7 Å². The number of aromatic nitrogens is 2. The van der Waals surface area contributed by atoms with Crippen LogP contribution in [0.1, 0.15) is 160 Å². The van der Waals surface area contributed by atoms with Gasteiger partial charge in [0.2, 0.25) is 0 Å². The molecule has 1 aliphatic heterocycles. The lowest BCUT2D eigenvalue weighted by atomic mass is 9.76. The molecule has 0 fully saturated rings. The summed E-state index contributed by atoms with van der Waals surface area (Å²) in [5.74, 6) is 3.02. The fraction of sp³-hybridized carbons (Fsp3) is 0.310. The zero-order chi connectivity index (χ0) is 54.1. The van der Waals surface area contributed by atoms with Gasteiger partial charge in [-0.25, -0.2) is 4.98 Å². The van der Waals surface area contributed by atoms with E-state index in [0.717, 1.165) is 50.9 Å². The van der Waals surface area contributed by atoms with Crippen molar-refractivity contribution in [2.45, 2.75) is 137 Å². The van der Waals surface area contributed by atoms with Crippen LogP contribution in [0.15, 0.2) is 176 Å². The molecular formula is C71H78N4O. The first-order chi connectivity index (χ1) is 36.0. The predicted molar refractivity (Wildman–Crippen MR) is 324 cm³/mol. The molecule has 3 heterocycles. The molecule has 0 unspecified atom stereocenters. The lowest BCUT2D eigenvalue weighted by molar-refractivity contribution is 0.481. The first kappa shape index (κ1) is 52.1. The van der Waals surface area contributed by atoms with Crippen LogP contribution in [0, 0.1) is 0 Å².